The van der Waals surface area contributed by atoms with Crippen LogP contribution >= 0.6 is 0 Å². The molecule has 0 aromatic heterocycles. The Bertz CT molecular complexity index is 637. The molecule has 134 valence electrons. The van der Waals surface area contributed by atoms with Gasteiger partial charge < -0.3 is 18.9 Å². The van der Waals surface area contributed by atoms with Gasteiger partial charge in [0, 0.05) is 6.42 Å². The van der Waals surface area contributed by atoms with Crippen LogP contribution < -0.4 is 9.47 Å². The van der Waals surface area contributed by atoms with Crippen LogP contribution in [0.2, 0.25) is 0 Å². The molecule has 1 fully saturated rings. The maximum absolute atomic E-state index is 5.88. The smallest absolute Gasteiger partial charge is 0.163 e. The molecule has 1 aliphatic rings. The van der Waals surface area contributed by atoms with Crippen molar-refractivity contribution in [2.75, 3.05) is 13.2 Å². The summed E-state index contributed by atoms with van der Waals surface area (Å²) in [5.41, 5.74) is 1.15. The molecule has 1 atom stereocenters. The van der Waals surface area contributed by atoms with Gasteiger partial charge in [0.15, 0.2) is 5.79 Å². The number of benzene rings is 2. The highest BCUT2D eigenvalue weighted by Crippen LogP contribution is 2.24. The molecule has 2 aromatic rings. The minimum absolute atomic E-state index is 0.192. The molecule has 1 heterocycles. The first-order chi connectivity index (χ1) is 12.1. The Morgan fingerprint density at radius 2 is 1.64 bits per heavy atom. The van der Waals surface area contributed by atoms with E-state index in [1.807, 2.05) is 56.3 Å². The van der Waals surface area contributed by atoms with Crippen LogP contribution in [0.4, 0.5) is 0 Å². The van der Waals surface area contributed by atoms with E-state index in [0.717, 1.165) is 36.5 Å². The third-order valence-corrected chi connectivity index (χ3v) is 4.12. The van der Waals surface area contributed by atoms with Crippen LogP contribution in [0.15, 0.2) is 54.6 Å². The van der Waals surface area contributed by atoms with Crippen LogP contribution in [0.3, 0.4) is 0 Å². The standard InChI is InChI=1S/C21H26O4/c1-21(2)24-15-13-20(25-21)12-14-22-18-8-10-19(11-9-18)23-16-17-6-4-3-5-7-17/h3-11,20H,12-16H2,1-2H3. The molecule has 25 heavy (non-hydrogen) atoms. The summed E-state index contributed by atoms with van der Waals surface area (Å²) in [7, 11) is 0. The third kappa shape index (κ3) is 5.76. The van der Waals surface area contributed by atoms with E-state index in [1.54, 1.807) is 0 Å². The van der Waals surface area contributed by atoms with Gasteiger partial charge in [-0.05, 0) is 50.1 Å². The lowest BCUT2D eigenvalue weighted by atomic mass is 10.1. The van der Waals surface area contributed by atoms with E-state index in [-0.39, 0.29) is 6.10 Å². The second-order valence-electron chi connectivity index (χ2n) is 6.66. The second-order valence-corrected chi connectivity index (χ2v) is 6.66. The molecule has 0 amide bonds. The van der Waals surface area contributed by atoms with Crippen molar-refractivity contribution in [1.82, 2.24) is 0 Å². The summed E-state index contributed by atoms with van der Waals surface area (Å²) in [5, 5.41) is 0. The molecule has 1 unspecified atom stereocenters. The summed E-state index contributed by atoms with van der Waals surface area (Å²) < 4.78 is 23.0. The molecule has 0 bridgehead atoms. The molecule has 1 aliphatic heterocycles. The first-order valence-corrected chi connectivity index (χ1v) is 8.82. The fourth-order valence-electron chi connectivity index (χ4n) is 2.81. The van der Waals surface area contributed by atoms with Gasteiger partial charge in [-0.15, -0.1) is 0 Å². The van der Waals surface area contributed by atoms with E-state index < -0.39 is 5.79 Å². The van der Waals surface area contributed by atoms with Gasteiger partial charge in [0.05, 0.1) is 19.3 Å². The molecule has 0 spiro atoms. The fourth-order valence-corrected chi connectivity index (χ4v) is 2.81. The zero-order valence-corrected chi connectivity index (χ0v) is 14.9. The lowest BCUT2D eigenvalue weighted by molar-refractivity contribution is -0.274. The van der Waals surface area contributed by atoms with E-state index in [9.17, 15) is 0 Å². The summed E-state index contributed by atoms with van der Waals surface area (Å²) >= 11 is 0. The van der Waals surface area contributed by atoms with Gasteiger partial charge in [-0.25, -0.2) is 0 Å². The predicted molar refractivity (Wildman–Crippen MR) is 96.8 cm³/mol. The van der Waals surface area contributed by atoms with Crippen LogP contribution in [-0.4, -0.2) is 25.1 Å². The zero-order chi connectivity index (χ0) is 17.5. The van der Waals surface area contributed by atoms with Gasteiger partial charge in [0.25, 0.3) is 0 Å². The predicted octanol–water partition coefficient (Wildman–Crippen LogP) is 4.58. The van der Waals surface area contributed by atoms with Crippen molar-refractivity contribution in [3.8, 4) is 11.5 Å². The number of ether oxygens (including phenoxy) is 4. The van der Waals surface area contributed by atoms with Crippen molar-refractivity contribution < 1.29 is 18.9 Å². The monoisotopic (exact) mass is 342 g/mol. The van der Waals surface area contributed by atoms with Crippen molar-refractivity contribution >= 4 is 0 Å². The number of rotatable bonds is 7. The molecule has 0 N–H and O–H groups in total. The maximum Gasteiger partial charge on any atom is 0.163 e. The molecule has 3 rings (SSSR count). The van der Waals surface area contributed by atoms with Gasteiger partial charge in [-0.2, -0.15) is 0 Å². The minimum atomic E-state index is -0.485. The van der Waals surface area contributed by atoms with Crippen molar-refractivity contribution in [2.45, 2.75) is 45.2 Å². The van der Waals surface area contributed by atoms with E-state index in [4.69, 9.17) is 18.9 Å². The Hall–Kier alpha value is -2.04. The largest absolute Gasteiger partial charge is 0.493 e. The third-order valence-electron chi connectivity index (χ3n) is 4.12. The lowest BCUT2D eigenvalue weighted by Gasteiger charge is -2.36. The minimum Gasteiger partial charge on any atom is -0.493 e. The normalized spacial score (nSPS) is 19.4. The molecule has 0 saturated carbocycles. The van der Waals surface area contributed by atoms with Gasteiger partial charge in [0.1, 0.15) is 18.1 Å². The number of hydrogen-bond acceptors (Lipinski definition) is 4. The van der Waals surface area contributed by atoms with Crippen LogP contribution in [0.25, 0.3) is 0 Å². The fraction of sp³-hybridized carbons (Fsp3) is 0.429. The quantitative estimate of drug-likeness (QED) is 0.738. The van der Waals surface area contributed by atoms with Crippen molar-refractivity contribution in [3.63, 3.8) is 0 Å². The first kappa shape index (κ1) is 17.8. The van der Waals surface area contributed by atoms with Crippen molar-refractivity contribution in [3.05, 3.63) is 60.2 Å². The summed E-state index contributed by atoms with van der Waals surface area (Å²) in [4.78, 5) is 0. The van der Waals surface area contributed by atoms with Gasteiger partial charge >= 0.3 is 0 Å². The Morgan fingerprint density at radius 3 is 2.32 bits per heavy atom. The van der Waals surface area contributed by atoms with Gasteiger partial charge in [-0.3, -0.25) is 0 Å². The average molecular weight is 342 g/mol. The van der Waals surface area contributed by atoms with Crippen molar-refractivity contribution in [1.29, 1.82) is 0 Å². The maximum atomic E-state index is 5.88. The molecule has 0 aliphatic carbocycles. The number of hydrogen-bond donors (Lipinski definition) is 0. The zero-order valence-electron chi connectivity index (χ0n) is 14.9. The molecule has 4 heteroatoms. The summed E-state index contributed by atoms with van der Waals surface area (Å²) in [6.07, 6.45) is 1.97. The highest BCUT2D eigenvalue weighted by atomic mass is 16.7. The first-order valence-electron chi connectivity index (χ1n) is 8.82. The Labute approximate surface area is 149 Å². The van der Waals surface area contributed by atoms with Crippen LogP contribution in [0.5, 0.6) is 11.5 Å². The summed E-state index contributed by atoms with van der Waals surface area (Å²) in [5.74, 6) is 1.20. The van der Waals surface area contributed by atoms with E-state index in [0.29, 0.717) is 13.2 Å². The van der Waals surface area contributed by atoms with Crippen LogP contribution in [-0.2, 0) is 16.1 Å². The van der Waals surface area contributed by atoms with Crippen LogP contribution in [0.1, 0.15) is 32.3 Å². The molecular weight excluding hydrogens is 316 g/mol. The highest BCUT2D eigenvalue weighted by molar-refractivity contribution is 5.31. The SMILES string of the molecule is CC1(C)OCCC(CCOc2ccc(OCc3ccccc3)cc2)O1. The summed E-state index contributed by atoms with van der Waals surface area (Å²) in [6, 6.07) is 17.9. The molecule has 4 nitrogen and oxygen atoms in total. The van der Waals surface area contributed by atoms with E-state index in [2.05, 4.69) is 12.1 Å². The van der Waals surface area contributed by atoms with Gasteiger partial charge in [0.2, 0.25) is 0 Å². The molecular formula is C21H26O4. The van der Waals surface area contributed by atoms with Crippen molar-refractivity contribution in [2.24, 2.45) is 0 Å². The highest BCUT2D eigenvalue weighted by Gasteiger charge is 2.29. The Kier molecular flexibility index (Phi) is 5.95. The molecule has 0 radical (unpaired) electrons. The van der Waals surface area contributed by atoms with Gasteiger partial charge in [-0.1, -0.05) is 30.3 Å². The topological polar surface area (TPSA) is 36.9 Å². The molecule has 1 saturated heterocycles. The Morgan fingerprint density at radius 1 is 0.960 bits per heavy atom. The van der Waals surface area contributed by atoms with Crippen LogP contribution in [0, 0.1) is 0 Å². The average Bonchev–Trinajstić information content (AvgIpc) is 2.61. The summed E-state index contributed by atoms with van der Waals surface area (Å²) in [6.45, 7) is 5.84. The van der Waals surface area contributed by atoms with E-state index in [1.165, 1.54) is 0 Å². The second kappa shape index (κ2) is 8.37. The molecule has 2 aromatic carbocycles. The van der Waals surface area contributed by atoms with E-state index >= 15 is 0 Å². The lowest BCUT2D eigenvalue weighted by Crippen LogP contribution is -2.40. The Balaban J connectivity index is 1.40.